The quantitative estimate of drug-likeness (QED) is 0.916. The number of hydrogen-bond acceptors (Lipinski definition) is 3. The number of aromatic nitrogens is 1. The number of carbonyl (C=O) groups excluding carboxylic acids is 1. The molecule has 1 N–H and O–H groups in total. The Labute approximate surface area is 121 Å². The van der Waals surface area contributed by atoms with Gasteiger partial charge in [-0.2, -0.15) is 0 Å². The second-order valence-corrected chi connectivity index (χ2v) is 5.65. The molecule has 20 heavy (non-hydrogen) atoms. The molecule has 1 saturated heterocycles. The molecule has 110 valence electrons. The summed E-state index contributed by atoms with van der Waals surface area (Å²) >= 11 is 0. The van der Waals surface area contributed by atoms with Gasteiger partial charge in [-0.05, 0) is 44.2 Å². The highest BCUT2D eigenvalue weighted by molar-refractivity contribution is 5.74. The number of pyridine rings is 1. The molecule has 0 aliphatic carbocycles. The Morgan fingerprint density at radius 2 is 2.30 bits per heavy atom. The second kappa shape index (κ2) is 6.73. The number of piperidine rings is 1. The first kappa shape index (κ1) is 14.8. The zero-order valence-electron chi connectivity index (χ0n) is 12.7. The van der Waals surface area contributed by atoms with E-state index in [-0.39, 0.29) is 11.9 Å². The molecule has 0 saturated carbocycles. The van der Waals surface area contributed by atoms with E-state index >= 15 is 0 Å². The van der Waals surface area contributed by atoms with Crippen molar-refractivity contribution in [1.29, 1.82) is 0 Å². The van der Waals surface area contributed by atoms with Crippen molar-refractivity contribution in [3.8, 4) is 0 Å². The predicted molar refractivity (Wildman–Crippen MR) is 81.6 cm³/mol. The van der Waals surface area contributed by atoms with Crippen molar-refractivity contribution in [2.75, 3.05) is 11.9 Å². The summed E-state index contributed by atoms with van der Waals surface area (Å²) in [6.07, 6.45) is 6.32. The Hall–Kier alpha value is -1.58. The molecule has 1 aromatic rings. The Bertz CT molecular complexity index is 444. The van der Waals surface area contributed by atoms with Gasteiger partial charge in [0.25, 0.3) is 0 Å². The van der Waals surface area contributed by atoms with E-state index in [9.17, 15) is 4.79 Å². The summed E-state index contributed by atoms with van der Waals surface area (Å²) in [5.41, 5.74) is 1.15. The third kappa shape index (κ3) is 3.50. The maximum Gasteiger partial charge on any atom is 0.219 e. The van der Waals surface area contributed by atoms with Crippen molar-refractivity contribution in [3.05, 3.63) is 23.9 Å². The molecule has 0 spiro atoms. The van der Waals surface area contributed by atoms with Crippen molar-refractivity contribution in [2.45, 2.75) is 58.5 Å². The second-order valence-electron chi connectivity index (χ2n) is 5.65. The summed E-state index contributed by atoms with van der Waals surface area (Å²) in [6.45, 7) is 6.82. The lowest BCUT2D eigenvalue weighted by Gasteiger charge is -2.35. The van der Waals surface area contributed by atoms with E-state index < -0.39 is 0 Å². The highest BCUT2D eigenvalue weighted by Gasteiger charge is 2.25. The summed E-state index contributed by atoms with van der Waals surface area (Å²) in [5, 5.41) is 3.36. The van der Waals surface area contributed by atoms with Gasteiger partial charge < -0.3 is 10.2 Å². The van der Waals surface area contributed by atoms with E-state index in [1.165, 1.54) is 6.42 Å². The third-order valence-corrected chi connectivity index (χ3v) is 4.09. The Balaban J connectivity index is 2.09. The molecule has 0 bridgehead atoms. The molecular weight excluding hydrogens is 250 g/mol. The van der Waals surface area contributed by atoms with E-state index in [0.717, 1.165) is 37.2 Å². The fraction of sp³-hybridized carbons (Fsp3) is 0.625. The van der Waals surface area contributed by atoms with Crippen LogP contribution in [0.1, 0.15) is 58.1 Å². The molecule has 2 atom stereocenters. The van der Waals surface area contributed by atoms with Crippen LogP contribution in [0.2, 0.25) is 0 Å². The zero-order valence-corrected chi connectivity index (χ0v) is 12.7. The fourth-order valence-corrected chi connectivity index (χ4v) is 2.70. The van der Waals surface area contributed by atoms with Crippen molar-refractivity contribution in [3.63, 3.8) is 0 Å². The van der Waals surface area contributed by atoms with Crippen LogP contribution in [0, 0.1) is 0 Å². The standard InChI is InChI=1S/C16H25N3O/c1-4-12(2)18-16-9-8-14(11-17-16)15-7-5-6-10-19(15)13(3)20/h8-9,11-12,15H,4-7,10H2,1-3H3,(H,17,18). The molecule has 1 aliphatic heterocycles. The molecule has 4 heteroatoms. The van der Waals surface area contributed by atoms with E-state index in [1.807, 2.05) is 17.2 Å². The summed E-state index contributed by atoms with van der Waals surface area (Å²) < 4.78 is 0. The summed E-state index contributed by atoms with van der Waals surface area (Å²) in [5.74, 6) is 1.07. The van der Waals surface area contributed by atoms with Gasteiger partial charge in [-0.25, -0.2) is 4.98 Å². The van der Waals surface area contributed by atoms with Gasteiger partial charge in [-0.3, -0.25) is 4.79 Å². The summed E-state index contributed by atoms with van der Waals surface area (Å²) in [6, 6.07) is 4.75. The number of nitrogens with one attached hydrogen (secondary N) is 1. The maximum absolute atomic E-state index is 11.7. The van der Waals surface area contributed by atoms with Crippen molar-refractivity contribution >= 4 is 11.7 Å². The first-order chi connectivity index (χ1) is 9.61. The largest absolute Gasteiger partial charge is 0.368 e. The number of carbonyl (C=O) groups is 1. The highest BCUT2D eigenvalue weighted by atomic mass is 16.2. The van der Waals surface area contributed by atoms with Gasteiger partial charge in [-0.15, -0.1) is 0 Å². The highest BCUT2D eigenvalue weighted by Crippen LogP contribution is 2.30. The van der Waals surface area contributed by atoms with Gasteiger partial charge in [0.15, 0.2) is 0 Å². The number of hydrogen-bond donors (Lipinski definition) is 1. The lowest BCUT2D eigenvalue weighted by Crippen LogP contribution is -2.36. The monoisotopic (exact) mass is 275 g/mol. The van der Waals surface area contributed by atoms with Crippen LogP contribution in [0.3, 0.4) is 0 Å². The zero-order chi connectivity index (χ0) is 14.5. The third-order valence-electron chi connectivity index (χ3n) is 4.09. The van der Waals surface area contributed by atoms with Gasteiger partial charge in [0, 0.05) is 25.7 Å². The van der Waals surface area contributed by atoms with Crippen LogP contribution in [-0.2, 0) is 4.79 Å². The molecule has 1 aromatic heterocycles. The van der Waals surface area contributed by atoms with Gasteiger partial charge in [0.1, 0.15) is 5.82 Å². The summed E-state index contributed by atoms with van der Waals surface area (Å²) in [4.78, 5) is 18.2. The number of amides is 1. The minimum Gasteiger partial charge on any atom is -0.368 e. The first-order valence-electron chi connectivity index (χ1n) is 7.61. The normalized spacial score (nSPS) is 20.6. The molecule has 1 fully saturated rings. The van der Waals surface area contributed by atoms with Crippen LogP contribution in [0.5, 0.6) is 0 Å². The average molecular weight is 275 g/mol. The fourth-order valence-electron chi connectivity index (χ4n) is 2.70. The van der Waals surface area contributed by atoms with Crippen LogP contribution in [-0.4, -0.2) is 28.4 Å². The van der Waals surface area contributed by atoms with E-state index in [0.29, 0.717) is 6.04 Å². The maximum atomic E-state index is 11.7. The molecule has 0 radical (unpaired) electrons. The SMILES string of the molecule is CCC(C)Nc1ccc(C2CCCCN2C(C)=O)cn1. The van der Waals surface area contributed by atoms with E-state index in [4.69, 9.17) is 0 Å². The lowest BCUT2D eigenvalue weighted by atomic mass is 9.96. The van der Waals surface area contributed by atoms with Crippen molar-refractivity contribution in [2.24, 2.45) is 0 Å². The molecule has 2 heterocycles. The summed E-state index contributed by atoms with van der Waals surface area (Å²) in [7, 11) is 0. The Kier molecular flexibility index (Phi) is 4.99. The van der Waals surface area contributed by atoms with Crippen molar-refractivity contribution < 1.29 is 4.79 Å². The van der Waals surface area contributed by atoms with E-state index in [2.05, 4.69) is 30.2 Å². The minimum absolute atomic E-state index is 0.163. The van der Waals surface area contributed by atoms with Crippen LogP contribution in [0.25, 0.3) is 0 Å². The number of rotatable bonds is 4. The Morgan fingerprint density at radius 1 is 1.50 bits per heavy atom. The minimum atomic E-state index is 0.163. The van der Waals surface area contributed by atoms with Gasteiger partial charge in [0.05, 0.1) is 6.04 Å². The van der Waals surface area contributed by atoms with Gasteiger partial charge >= 0.3 is 0 Å². The van der Waals surface area contributed by atoms with Crippen LogP contribution < -0.4 is 5.32 Å². The van der Waals surface area contributed by atoms with Crippen LogP contribution in [0.15, 0.2) is 18.3 Å². The van der Waals surface area contributed by atoms with Crippen LogP contribution >= 0.6 is 0 Å². The molecule has 0 aromatic carbocycles. The Morgan fingerprint density at radius 3 is 2.90 bits per heavy atom. The van der Waals surface area contributed by atoms with E-state index in [1.54, 1.807) is 6.92 Å². The average Bonchev–Trinajstić information content (AvgIpc) is 2.48. The number of nitrogens with zero attached hydrogens (tertiary/aromatic N) is 2. The predicted octanol–water partition coefficient (Wildman–Crippen LogP) is 3.37. The number of anilines is 1. The van der Waals surface area contributed by atoms with Gasteiger partial charge in [-0.1, -0.05) is 13.0 Å². The molecule has 2 rings (SSSR count). The molecule has 1 aliphatic rings. The topological polar surface area (TPSA) is 45.2 Å². The first-order valence-corrected chi connectivity index (χ1v) is 7.61. The number of likely N-dealkylation sites (tertiary alicyclic amines) is 1. The van der Waals surface area contributed by atoms with Crippen molar-refractivity contribution in [1.82, 2.24) is 9.88 Å². The molecule has 4 nitrogen and oxygen atoms in total. The lowest BCUT2D eigenvalue weighted by molar-refractivity contribution is -0.132. The van der Waals surface area contributed by atoms with Gasteiger partial charge in [0.2, 0.25) is 5.91 Å². The van der Waals surface area contributed by atoms with Crippen LogP contribution in [0.4, 0.5) is 5.82 Å². The molecular formula is C16H25N3O. The smallest absolute Gasteiger partial charge is 0.219 e. The molecule has 2 unspecified atom stereocenters. The molecule has 1 amide bonds.